The second-order valence-electron chi connectivity index (χ2n) is 6.12. The van der Waals surface area contributed by atoms with Gasteiger partial charge < -0.3 is 10.2 Å². The van der Waals surface area contributed by atoms with Crippen LogP contribution in [0.15, 0.2) is 30.6 Å². The summed E-state index contributed by atoms with van der Waals surface area (Å²) >= 11 is 1.46. The fraction of sp³-hybridized carbons (Fsp3) is 0.412. The summed E-state index contributed by atoms with van der Waals surface area (Å²) in [5, 5.41) is 10.4. The van der Waals surface area contributed by atoms with Crippen LogP contribution in [0.5, 0.6) is 0 Å². The summed E-state index contributed by atoms with van der Waals surface area (Å²) in [4.78, 5) is 28.4. The second-order valence-corrected chi connectivity index (χ2v) is 7.23. The summed E-state index contributed by atoms with van der Waals surface area (Å²) in [7, 11) is 0. The maximum atomic E-state index is 12.7. The number of thiophene rings is 1. The SMILES string of the molecule is CC(C)NC(=O)c1ccc([C@H]2CCCN2C(=O)c2ccnnc2)s1. The first-order valence-electron chi connectivity index (χ1n) is 8.04. The third kappa shape index (κ3) is 3.46. The summed E-state index contributed by atoms with van der Waals surface area (Å²) < 4.78 is 0. The maximum absolute atomic E-state index is 12.7. The van der Waals surface area contributed by atoms with Crippen LogP contribution in [0, 0.1) is 0 Å². The Bertz CT molecular complexity index is 729. The molecule has 1 aliphatic heterocycles. The van der Waals surface area contributed by atoms with Crippen molar-refractivity contribution in [2.24, 2.45) is 0 Å². The number of rotatable bonds is 4. The van der Waals surface area contributed by atoms with Gasteiger partial charge in [-0.1, -0.05) is 0 Å². The third-order valence-electron chi connectivity index (χ3n) is 3.94. The molecule has 3 rings (SSSR count). The quantitative estimate of drug-likeness (QED) is 0.925. The van der Waals surface area contributed by atoms with E-state index in [0.29, 0.717) is 10.4 Å². The Morgan fingerprint density at radius 1 is 1.29 bits per heavy atom. The van der Waals surface area contributed by atoms with E-state index in [4.69, 9.17) is 0 Å². The minimum atomic E-state index is -0.0598. The molecule has 3 heterocycles. The molecule has 0 spiro atoms. The Morgan fingerprint density at radius 3 is 2.83 bits per heavy atom. The minimum Gasteiger partial charge on any atom is -0.349 e. The van der Waals surface area contributed by atoms with Gasteiger partial charge in [0.25, 0.3) is 11.8 Å². The average Bonchev–Trinajstić information content (AvgIpc) is 3.23. The van der Waals surface area contributed by atoms with E-state index < -0.39 is 0 Å². The molecule has 126 valence electrons. The monoisotopic (exact) mass is 344 g/mol. The van der Waals surface area contributed by atoms with E-state index in [1.165, 1.54) is 23.7 Å². The summed E-state index contributed by atoms with van der Waals surface area (Å²) in [5.41, 5.74) is 0.547. The van der Waals surface area contributed by atoms with Crippen LogP contribution in [0.2, 0.25) is 0 Å². The molecule has 2 aromatic heterocycles. The summed E-state index contributed by atoms with van der Waals surface area (Å²) in [6.45, 7) is 4.59. The van der Waals surface area contributed by atoms with E-state index in [2.05, 4.69) is 15.5 Å². The van der Waals surface area contributed by atoms with Gasteiger partial charge in [0.2, 0.25) is 0 Å². The number of hydrogen-bond donors (Lipinski definition) is 1. The molecule has 1 fully saturated rings. The second kappa shape index (κ2) is 7.09. The molecule has 7 heteroatoms. The molecular formula is C17H20N4O2S. The van der Waals surface area contributed by atoms with E-state index >= 15 is 0 Å². The van der Waals surface area contributed by atoms with Crippen LogP contribution < -0.4 is 5.32 Å². The predicted molar refractivity (Wildman–Crippen MR) is 92.0 cm³/mol. The largest absolute Gasteiger partial charge is 0.349 e. The number of likely N-dealkylation sites (tertiary alicyclic amines) is 1. The van der Waals surface area contributed by atoms with E-state index in [-0.39, 0.29) is 23.9 Å². The smallest absolute Gasteiger partial charge is 0.261 e. The highest BCUT2D eigenvalue weighted by atomic mass is 32.1. The van der Waals surface area contributed by atoms with Crippen molar-refractivity contribution in [2.45, 2.75) is 38.8 Å². The lowest BCUT2D eigenvalue weighted by Gasteiger charge is -2.23. The Morgan fingerprint density at radius 2 is 2.12 bits per heavy atom. The van der Waals surface area contributed by atoms with E-state index in [0.717, 1.165) is 24.3 Å². The van der Waals surface area contributed by atoms with Crippen molar-refractivity contribution in [1.82, 2.24) is 20.4 Å². The van der Waals surface area contributed by atoms with E-state index in [1.54, 1.807) is 6.07 Å². The van der Waals surface area contributed by atoms with Crippen LogP contribution in [0.25, 0.3) is 0 Å². The predicted octanol–water partition coefficient (Wildman–Crippen LogP) is 2.65. The number of aromatic nitrogens is 2. The summed E-state index contributed by atoms with van der Waals surface area (Å²) in [5.74, 6) is -0.0931. The van der Waals surface area contributed by atoms with Crippen molar-refractivity contribution in [1.29, 1.82) is 0 Å². The number of nitrogens with zero attached hydrogens (tertiary/aromatic N) is 3. The van der Waals surface area contributed by atoms with Gasteiger partial charge in [0.15, 0.2) is 0 Å². The maximum Gasteiger partial charge on any atom is 0.261 e. The molecule has 1 aliphatic rings. The molecule has 0 unspecified atom stereocenters. The van der Waals surface area contributed by atoms with Crippen molar-refractivity contribution in [3.05, 3.63) is 45.9 Å². The molecule has 1 N–H and O–H groups in total. The highest BCUT2D eigenvalue weighted by Gasteiger charge is 2.32. The lowest BCUT2D eigenvalue weighted by Crippen LogP contribution is -2.30. The lowest BCUT2D eigenvalue weighted by molar-refractivity contribution is 0.0737. The van der Waals surface area contributed by atoms with Crippen molar-refractivity contribution in [2.75, 3.05) is 6.54 Å². The Kier molecular flexibility index (Phi) is 4.89. The van der Waals surface area contributed by atoms with E-state index in [9.17, 15) is 9.59 Å². The van der Waals surface area contributed by atoms with Crippen LogP contribution in [0.1, 0.15) is 57.6 Å². The average molecular weight is 344 g/mol. The molecule has 2 amide bonds. The zero-order valence-corrected chi connectivity index (χ0v) is 14.5. The van der Waals surface area contributed by atoms with Crippen LogP contribution in [-0.2, 0) is 0 Å². The molecule has 0 aliphatic carbocycles. The van der Waals surface area contributed by atoms with Gasteiger partial charge in [0.1, 0.15) is 0 Å². The summed E-state index contributed by atoms with van der Waals surface area (Å²) in [6, 6.07) is 5.61. The molecule has 1 saturated heterocycles. The van der Waals surface area contributed by atoms with Crippen LogP contribution in [0.4, 0.5) is 0 Å². The van der Waals surface area contributed by atoms with Gasteiger partial charge in [-0.15, -0.1) is 11.3 Å². The lowest BCUT2D eigenvalue weighted by atomic mass is 10.1. The fourth-order valence-corrected chi connectivity index (χ4v) is 3.93. The standard InChI is InChI=1S/C17H20N4O2S/c1-11(2)20-16(22)15-6-5-14(24-15)13-4-3-9-21(13)17(23)12-7-8-18-19-10-12/h5-8,10-11,13H,3-4,9H2,1-2H3,(H,20,22)/t13-/m1/s1. The van der Waals surface area contributed by atoms with Crippen molar-refractivity contribution < 1.29 is 9.59 Å². The van der Waals surface area contributed by atoms with Crippen LogP contribution in [0.3, 0.4) is 0 Å². The van der Waals surface area contributed by atoms with Gasteiger partial charge in [-0.05, 0) is 44.9 Å². The number of amides is 2. The number of carbonyl (C=O) groups excluding carboxylic acids is 2. The van der Waals surface area contributed by atoms with Gasteiger partial charge >= 0.3 is 0 Å². The zero-order valence-electron chi connectivity index (χ0n) is 13.7. The number of hydrogen-bond acceptors (Lipinski definition) is 5. The van der Waals surface area contributed by atoms with Crippen molar-refractivity contribution in [3.8, 4) is 0 Å². The van der Waals surface area contributed by atoms with Gasteiger partial charge in [-0.2, -0.15) is 10.2 Å². The normalized spacial score (nSPS) is 17.3. The molecule has 0 aromatic carbocycles. The Hall–Kier alpha value is -2.28. The molecule has 2 aromatic rings. The van der Waals surface area contributed by atoms with E-state index in [1.807, 2.05) is 30.9 Å². The highest BCUT2D eigenvalue weighted by Crippen LogP contribution is 2.36. The fourth-order valence-electron chi connectivity index (χ4n) is 2.88. The topological polar surface area (TPSA) is 75.2 Å². The molecule has 0 bridgehead atoms. The first-order chi connectivity index (χ1) is 11.6. The van der Waals surface area contributed by atoms with Gasteiger partial charge in [-0.3, -0.25) is 9.59 Å². The Labute approximate surface area is 144 Å². The zero-order chi connectivity index (χ0) is 17.1. The van der Waals surface area contributed by atoms with Crippen LogP contribution >= 0.6 is 11.3 Å². The summed E-state index contributed by atoms with van der Waals surface area (Å²) in [6.07, 6.45) is 4.89. The molecule has 0 saturated carbocycles. The minimum absolute atomic E-state index is 0.0243. The van der Waals surface area contributed by atoms with Gasteiger partial charge in [0.05, 0.1) is 28.9 Å². The third-order valence-corrected chi connectivity index (χ3v) is 5.13. The molecule has 1 atom stereocenters. The molecular weight excluding hydrogens is 324 g/mol. The number of carbonyl (C=O) groups is 2. The molecule has 6 nitrogen and oxygen atoms in total. The van der Waals surface area contributed by atoms with Crippen molar-refractivity contribution in [3.63, 3.8) is 0 Å². The van der Waals surface area contributed by atoms with Crippen LogP contribution in [-0.4, -0.2) is 39.5 Å². The first kappa shape index (κ1) is 16.6. The molecule has 0 radical (unpaired) electrons. The Balaban J connectivity index is 1.78. The van der Waals surface area contributed by atoms with Gasteiger partial charge in [-0.25, -0.2) is 0 Å². The molecule has 24 heavy (non-hydrogen) atoms. The number of nitrogens with one attached hydrogen (secondary N) is 1. The van der Waals surface area contributed by atoms with Gasteiger partial charge in [0, 0.05) is 17.5 Å². The first-order valence-corrected chi connectivity index (χ1v) is 8.86. The highest BCUT2D eigenvalue weighted by molar-refractivity contribution is 7.14. The van der Waals surface area contributed by atoms with Crippen molar-refractivity contribution >= 4 is 23.2 Å².